The van der Waals surface area contributed by atoms with Gasteiger partial charge in [-0.25, -0.2) is 0 Å². The summed E-state index contributed by atoms with van der Waals surface area (Å²) < 4.78 is 5.50. The van der Waals surface area contributed by atoms with Crippen molar-refractivity contribution in [2.24, 2.45) is 0 Å². The standard InChI is InChI=1S/C12H16N2O/c13-11-9-5-3-1-2-4-8(9)10-6-7-15-12(10)14-11/h1-7H2,(H2,13,14). The molecule has 1 aromatic rings. The summed E-state index contributed by atoms with van der Waals surface area (Å²) in [5.41, 5.74) is 10.1. The van der Waals surface area contributed by atoms with Crippen LogP contribution < -0.4 is 10.5 Å². The normalized spacial score (nSPS) is 18.9. The zero-order valence-electron chi connectivity index (χ0n) is 8.88. The molecule has 15 heavy (non-hydrogen) atoms. The molecule has 0 aromatic carbocycles. The maximum Gasteiger partial charge on any atom is 0.218 e. The average molecular weight is 204 g/mol. The first-order valence-electron chi connectivity index (χ1n) is 5.79. The number of anilines is 1. The molecule has 0 saturated heterocycles. The van der Waals surface area contributed by atoms with Gasteiger partial charge < -0.3 is 10.5 Å². The molecule has 0 saturated carbocycles. The van der Waals surface area contributed by atoms with Crippen LogP contribution in [0.1, 0.15) is 36.0 Å². The molecule has 0 fully saturated rings. The Kier molecular flexibility index (Phi) is 2.04. The lowest BCUT2D eigenvalue weighted by Gasteiger charge is -2.12. The molecule has 0 unspecified atom stereocenters. The van der Waals surface area contributed by atoms with Crippen molar-refractivity contribution < 1.29 is 4.74 Å². The van der Waals surface area contributed by atoms with Crippen molar-refractivity contribution in [1.82, 2.24) is 4.98 Å². The largest absolute Gasteiger partial charge is 0.477 e. The second-order valence-corrected chi connectivity index (χ2v) is 4.40. The van der Waals surface area contributed by atoms with Gasteiger partial charge in [-0.3, -0.25) is 0 Å². The molecule has 0 radical (unpaired) electrons. The summed E-state index contributed by atoms with van der Waals surface area (Å²) in [5, 5.41) is 0. The van der Waals surface area contributed by atoms with Crippen molar-refractivity contribution in [1.29, 1.82) is 0 Å². The summed E-state index contributed by atoms with van der Waals surface area (Å²) in [5.74, 6) is 1.50. The van der Waals surface area contributed by atoms with E-state index in [0.717, 1.165) is 31.7 Å². The zero-order valence-corrected chi connectivity index (χ0v) is 8.88. The minimum atomic E-state index is 0.701. The summed E-state index contributed by atoms with van der Waals surface area (Å²) >= 11 is 0. The highest BCUT2D eigenvalue weighted by Crippen LogP contribution is 2.35. The summed E-state index contributed by atoms with van der Waals surface area (Å²) in [6.07, 6.45) is 7.12. The number of aromatic nitrogens is 1. The Morgan fingerprint density at radius 2 is 1.73 bits per heavy atom. The highest BCUT2D eigenvalue weighted by Gasteiger charge is 2.23. The molecule has 1 aliphatic carbocycles. The minimum Gasteiger partial charge on any atom is -0.477 e. The van der Waals surface area contributed by atoms with E-state index in [1.807, 2.05) is 0 Å². The van der Waals surface area contributed by atoms with E-state index in [2.05, 4.69) is 4.98 Å². The fourth-order valence-electron chi connectivity index (χ4n) is 2.70. The molecule has 3 nitrogen and oxygen atoms in total. The van der Waals surface area contributed by atoms with Crippen molar-refractivity contribution in [3.8, 4) is 5.88 Å². The van der Waals surface area contributed by atoms with E-state index in [0.29, 0.717) is 5.82 Å². The van der Waals surface area contributed by atoms with Crippen LogP contribution in [0.5, 0.6) is 5.88 Å². The van der Waals surface area contributed by atoms with Gasteiger partial charge in [0, 0.05) is 12.0 Å². The second kappa shape index (κ2) is 3.40. The Morgan fingerprint density at radius 1 is 0.933 bits per heavy atom. The molecular formula is C12H16N2O. The average Bonchev–Trinajstić information content (AvgIpc) is 2.54. The Labute approximate surface area is 89.6 Å². The molecule has 0 atom stereocenters. The number of hydrogen-bond acceptors (Lipinski definition) is 3. The molecule has 0 spiro atoms. The van der Waals surface area contributed by atoms with Gasteiger partial charge in [0.2, 0.25) is 5.88 Å². The van der Waals surface area contributed by atoms with E-state index < -0.39 is 0 Å². The molecule has 2 heterocycles. The van der Waals surface area contributed by atoms with Gasteiger partial charge in [-0.1, -0.05) is 6.42 Å². The van der Waals surface area contributed by atoms with Crippen LogP contribution in [0.25, 0.3) is 0 Å². The van der Waals surface area contributed by atoms with E-state index >= 15 is 0 Å². The van der Waals surface area contributed by atoms with Crippen LogP contribution in [-0.2, 0) is 19.3 Å². The second-order valence-electron chi connectivity index (χ2n) is 4.40. The third-order valence-corrected chi connectivity index (χ3v) is 3.46. The molecule has 80 valence electrons. The van der Waals surface area contributed by atoms with Crippen LogP contribution in [-0.4, -0.2) is 11.6 Å². The first-order valence-corrected chi connectivity index (χ1v) is 5.79. The van der Waals surface area contributed by atoms with Crippen LogP contribution >= 0.6 is 0 Å². The Balaban J connectivity index is 2.17. The quantitative estimate of drug-likeness (QED) is 0.656. The van der Waals surface area contributed by atoms with Crippen LogP contribution in [0.3, 0.4) is 0 Å². The minimum absolute atomic E-state index is 0.701. The zero-order chi connectivity index (χ0) is 10.3. The lowest BCUT2D eigenvalue weighted by Crippen LogP contribution is -2.04. The van der Waals surface area contributed by atoms with Crippen LogP contribution in [0, 0.1) is 0 Å². The van der Waals surface area contributed by atoms with Gasteiger partial charge in [0.15, 0.2) is 0 Å². The van der Waals surface area contributed by atoms with Gasteiger partial charge >= 0.3 is 0 Å². The first-order chi connectivity index (χ1) is 7.36. The summed E-state index contributed by atoms with van der Waals surface area (Å²) in [6.45, 7) is 0.776. The number of nitrogens with two attached hydrogens (primary N) is 1. The number of hydrogen-bond donors (Lipinski definition) is 1. The highest BCUT2D eigenvalue weighted by atomic mass is 16.5. The summed E-state index contributed by atoms with van der Waals surface area (Å²) in [6, 6.07) is 0. The number of pyridine rings is 1. The van der Waals surface area contributed by atoms with Crippen LogP contribution in [0.15, 0.2) is 0 Å². The first kappa shape index (κ1) is 9.01. The van der Waals surface area contributed by atoms with Gasteiger partial charge in [0.1, 0.15) is 5.82 Å². The fourth-order valence-corrected chi connectivity index (χ4v) is 2.70. The van der Waals surface area contributed by atoms with Crippen LogP contribution in [0.2, 0.25) is 0 Å². The molecule has 3 heteroatoms. The molecule has 0 amide bonds. The lowest BCUT2D eigenvalue weighted by molar-refractivity contribution is 0.345. The number of fused-ring (bicyclic) bond motifs is 3. The number of ether oxygens (including phenoxy) is 1. The summed E-state index contributed by atoms with van der Waals surface area (Å²) in [4.78, 5) is 4.36. The molecular weight excluding hydrogens is 188 g/mol. The van der Waals surface area contributed by atoms with E-state index in [-0.39, 0.29) is 0 Å². The van der Waals surface area contributed by atoms with Crippen molar-refractivity contribution in [3.05, 3.63) is 16.7 Å². The smallest absolute Gasteiger partial charge is 0.218 e. The SMILES string of the molecule is Nc1nc2c(c3c1CCCCC3)CCO2. The van der Waals surface area contributed by atoms with E-state index in [4.69, 9.17) is 10.5 Å². The Hall–Kier alpha value is -1.25. The third-order valence-electron chi connectivity index (χ3n) is 3.46. The number of rotatable bonds is 0. The van der Waals surface area contributed by atoms with Crippen molar-refractivity contribution >= 4 is 5.82 Å². The maximum atomic E-state index is 5.99. The predicted molar refractivity (Wildman–Crippen MR) is 59.1 cm³/mol. The van der Waals surface area contributed by atoms with Crippen molar-refractivity contribution in [2.45, 2.75) is 38.5 Å². The highest BCUT2D eigenvalue weighted by molar-refractivity contribution is 5.54. The molecule has 1 aliphatic heterocycles. The maximum absolute atomic E-state index is 5.99. The number of nitrogen functional groups attached to an aromatic ring is 1. The van der Waals surface area contributed by atoms with Gasteiger partial charge in [-0.05, 0) is 36.8 Å². The van der Waals surface area contributed by atoms with Gasteiger partial charge in [-0.2, -0.15) is 4.98 Å². The third kappa shape index (κ3) is 1.37. The molecule has 3 rings (SSSR count). The van der Waals surface area contributed by atoms with Crippen molar-refractivity contribution in [3.63, 3.8) is 0 Å². The predicted octanol–water partition coefficient (Wildman–Crippen LogP) is 1.87. The van der Waals surface area contributed by atoms with Crippen LogP contribution in [0.4, 0.5) is 5.82 Å². The Morgan fingerprint density at radius 3 is 2.60 bits per heavy atom. The molecule has 1 aromatic heterocycles. The van der Waals surface area contributed by atoms with Crippen molar-refractivity contribution in [2.75, 3.05) is 12.3 Å². The summed E-state index contributed by atoms with van der Waals surface area (Å²) in [7, 11) is 0. The fraction of sp³-hybridized carbons (Fsp3) is 0.583. The van der Waals surface area contributed by atoms with Gasteiger partial charge in [0.05, 0.1) is 6.61 Å². The molecule has 2 aliphatic rings. The van der Waals surface area contributed by atoms with E-state index in [1.165, 1.54) is 36.0 Å². The Bertz CT molecular complexity index is 401. The van der Waals surface area contributed by atoms with E-state index in [9.17, 15) is 0 Å². The topological polar surface area (TPSA) is 48.1 Å². The van der Waals surface area contributed by atoms with Gasteiger partial charge in [0.25, 0.3) is 0 Å². The molecule has 0 bridgehead atoms. The van der Waals surface area contributed by atoms with Gasteiger partial charge in [-0.15, -0.1) is 0 Å². The van der Waals surface area contributed by atoms with E-state index in [1.54, 1.807) is 0 Å². The monoisotopic (exact) mass is 204 g/mol. The lowest BCUT2D eigenvalue weighted by atomic mass is 9.98. The molecule has 2 N–H and O–H groups in total. The number of nitrogens with zero attached hydrogens (tertiary/aromatic N) is 1.